The standard InChI is InChI=1S/C19H20FN5O2S/c1-19-5-4-13(22-19)16(20)15(9-19)27-18-24-23-17(28-18)12-3-2-11(8-14(12)26)25-7-6-21-10-25/h2-3,6-8,10,13,15-16,22,26H,4-5,9H2,1H3/t13-,15+,16+,19+/m1/s1. The molecule has 0 saturated carbocycles. The van der Waals surface area contributed by atoms with E-state index in [1.165, 1.54) is 11.3 Å². The van der Waals surface area contributed by atoms with E-state index in [4.69, 9.17) is 4.74 Å². The minimum atomic E-state index is -1.06. The van der Waals surface area contributed by atoms with Gasteiger partial charge in [0.1, 0.15) is 11.9 Å². The SMILES string of the molecule is C[C@@]12CC[C@@H](N1)[C@H](F)[C@@H](Oc1nnc(-c3ccc(-n4ccnc4)cc3O)s1)C2. The summed E-state index contributed by atoms with van der Waals surface area (Å²) in [4.78, 5) is 4.00. The Bertz CT molecular complexity index is 994. The molecule has 2 aliphatic heterocycles. The van der Waals surface area contributed by atoms with Crippen molar-refractivity contribution in [3.8, 4) is 27.2 Å². The number of halogens is 1. The molecule has 4 heterocycles. The number of hydrogen-bond acceptors (Lipinski definition) is 7. The molecular weight excluding hydrogens is 381 g/mol. The molecule has 9 heteroatoms. The van der Waals surface area contributed by atoms with Crippen LogP contribution in [0.1, 0.15) is 26.2 Å². The van der Waals surface area contributed by atoms with Gasteiger partial charge in [0.25, 0.3) is 5.19 Å². The van der Waals surface area contributed by atoms with Crippen LogP contribution in [0.3, 0.4) is 0 Å². The van der Waals surface area contributed by atoms with Gasteiger partial charge in [-0.1, -0.05) is 16.4 Å². The molecule has 0 unspecified atom stereocenters. The third-order valence-corrected chi connectivity index (χ3v) is 6.45. The van der Waals surface area contributed by atoms with E-state index in [0.717, 1.165) is 18.5 Å². The number of piperidine rings is 1. The highest BCUT2D eigenvalue weighted by molar-refractivity contribution is 7.16. The Morgan fingerprint density at radius 3 is 3.07 bits per heavy atom. The Hall–Kier alpha value is -2.52. The minimum Gasteiger partial charge on any atom is -0.507 e. The number of fused-ring (bicyclic) bond motifs is 2. The molecule has 3 aromatic rings. The second-order valence-corrected chi connectivity index (χ2v) is 8.64. The lowest BCUT2D eigenvalue weighted by molar-refractivity contribution is 0.0262. The fourth-order valence-electron chi connectivity index (χ4n) is 4.16. The first-order valence-electron chi connectivity index (χ1n) is 9.24. The quantitative estimate of drug-likeness (QED) is 0.699. The molecule has 28 heavy (non-hydrogen) atoms. The molecule has 0 radical (unpaired) electrons. The number of alkyl halides is 1. The fourth-order valence-corrected chi connectivity index (χ4v) is 4.94. The number of aromatic nitrogens is 4. The van der Waals surface area contributed by atoms with E-state index in [9.17, 15) is 9.50 Å². The summed E-state index contributed by atoms with van der Waals surface area (Å²) < 4.78 is 22.4. The number of ether oxygens (including phenoxy) is 1. The van der Waals surface area contributed by atoms with Gasteiger partial charge in [0.15, 0.2) is 11.2 Å². The molecule has 2 aromatic heterocycles. The first kappa shape index (κ1) is 17.6. The van der Waals surface area contributed by atoms with Gasteiger partial charge in [-0.25, -0.2) is 9.37 Å². The summed E-state index contributed by atoms with van der Waals surface area (Å²) >= 11 is 1.21. The highest BCUT2D eigenvalue weighted by Gasteiger charge is 2.49. The molecule has 0 aliphatic carbocycles. The average Bonchev–Trinajstić information content (AvgIpc) is 3.40. The van der Waals surface area contributed by atoms with Gasteiger partial charge in [0.05, 0.1) is 17.6 Å². The number of rotatable bonds is 4. The Labute approximate surface area is 165 Å². The molecule has 146 valence electrons. The van der Waals surface area contributed by atoms with Crippen LogP contribution >= 0.6 is 11.3 Å². The van der Waals surface area contributed by atoms with E-state index in [0.29, 0.717) is 22.2 Å². The maximum atomic E-state index is 14.7. The summed E-state index contributed by atoms with van der Waals surface area (Å²) in [6, 6.07) is 5.12. The van der Waals surface area contributed by atoms with Crippen LogP contribution in [0, 0.1) is 0 Å². The van der Waals surface area contributed by atoms with E-state index < -0.39 is 12.3 Å². The molecule has 0 spiro atoms. The second kappa shape index (κ2) is 6.52. The fraction of sp³-hybridized carbons (Fsp3) is 0.421. The monoisotopic (exact) mass is 401 g/mol. The molecule has 1 aromatic carbocycles. The number of aromatic hydroxyl groups is 1. The summed E-state index contributed by atoms with van der Waals surface area (Å²) in [6.45, 7) is 2.11. The van der Waals surface area contributed by atoms with Crippen LogP contribution < -0.4 is 10.1 Å². The van der Waals surface area contributed by atoms with Crippen LogP contribution in [0.5, 0.6) is 10.9 Å². The third-order valence-electron chi connectivity index (χ3n) is 5.61. The molecule has 4 atom stereocenters. The van der Waals surface area contributed by atoms with Crippen molar-refractivity contribution in [1.29, 1.82) is 0 Å². The summed E-state index contributed by atoms with van der Waals surface area (Å²) in [5.41, 5.74) is 1.27. The maximum absolute atomic E-state index is 14.7. The number of imidazole rings is 1. The van der Waals surface area contributed by atoms with E-state index in [1.54, 1.807) is 35.4 Å². The van der Waals surface area contributed by atoms with Crippen LogP contribution in [0.2, 0.25) is 0 Å². The van der Waals surface area contributed by atoms with Crippen LogP contribution in [-0.4, -0.2) is 48.7 Å². The van der Waals surface area contributed by atoms with Crippen molar-refractivity contribution in [3.63, 3.8) is 0 Å². The summed E-state index contributed by atoms with van der Waals surface area (Å²) in [6.07, 6.45) is 5.92. The number of benzene rings is 1. The van der Waals surface area contributed by atoms with Gasteiger partial charge in [-0.15, -0.1) is 5.10 Å². The molecule has 2 N–H and O–H groups in total. The van der Waals surface area contributed by atoms with Crippen molar-refractivity contribution in [2.75, 3.05) is 0 Å². The van der Waals surface area contributed by atoms with Crippen molar-refractivity contribution < 1.29 is 14.2 Å². The lowest BCUT2D eigenvalue weighted by Crippen LogP contribution is -2.57. The van der Waals surface area contributed by atoms with Gasteiger partial charge in [-0.3, -0.25) is 0 Å². The first-order chi connectivity index (χ1) is 13.5. The predicted molar refractivity (Wildman–Crippen MR) is 103 cm³/mol. The van der Waals surface area contributed by atoms with Gasteiger partial charge in [-0.05, 0) is 31.9 Å². The highest BCUT2D eigenvalue weighted by atomic mass is 32.1. The zero-order valence-corrected chi connectivity index (χ0v) is 16.1. The second-order valence-electron chi connectivity index (χ2n) is 7.70. The van der Waals surface area contributed by atoms with Crippen molar-refractivity contribution in [3.05, 3.63) is 36.9 Å². The van der Waals surface area contributed by atoms with Crippen LogP contribution in [0.4, 0.5) is 4.39 Å². The molecule has 0 amide bonds. The van der Waals surface area contributed by atoms with Gasteiger partial charge < -0.3 is 19.7 Å². The molecule has 2 fully saturated rings. The Balaban J connectivity index is 1.35. The van der Waals surface area contributed by atoms with E-state index in [-0.39, 0.29) is 17.3 Å². The summed E-state index contributed by atoms with van der Waals surface area (Å²) in [7, 11) is 0. The highest BCUT2D eigenvalue weighted by Crippen LogP contribution is 2.40. The van der Waals surface area contributed by atoms with Gasteiger partial charge in [-0.2, -0.15) is 0 Å². The van der Waals surface area contributed by atoms with E-state index in [1.807, 2.05) is 6.07 Å². The zero-order chi connectivity index (χ0) is 19.3. The van der Waals surface area contributed by atoms with Gasteiger partial charge >= 0.3 is 0 Å². The van der Waals surface area contributed by atoms with Crippen molar-refractivity contribution in [2.45, 2.75) is 50.0 Å². The topological polar surface area (TPSA) is 85.1 Å². The van der Waals surface area contributed by atoms with Crippen molar-refractivity contribution >= 4 is 11.3 Å². The van der Waals surface area contributed by atoms with Crippen molar-refractivity contribution in [2.24, 2.45) is 0 Å². The Kier molecular flexibility index (Phi) is 4.09. The van der Waals surface area contributed by atoms with Crippen molar-refractivity contribution in [1.82, 2.24) is 25.1 Å². The number of nitrogens with zero attached hydrogens (tertiary/aromatic N) is 4. The molecule has 7 nitrogen and oxygen atoms in total. The summed E-state index contributed by atoms with van der Waals surface area (Å²) in [5, 5.41) is 22.8. The zero-order valence-electron chi connectivity index (χ0n) is 15.2. The van der Waals surface area contributed by atoms with Crippen LogP contribution in [-0.2, 0) is 0 Å². The lowest BCUT2D eigenvalue weighted by Gasteiger charge is -2.38. The Morgan fingerprint density at radius 2 is 2.29 bits per heavy atom. The summed E-state index contributed by atoms with van der Waals surface area (Å²) in [5.74, 6) is 0.0877. The first-order valence-corrected chi connectivity index (χ1v) is 10.1. The Morgan fingerprint density at radius 1 is 1.39 bits per heavy atom. The molecule has 2 saturated heterocycles. The lowest BCUT2D eigenvalue weighted by atomic mass is 9.90. The van der Waals surface area contributed by atoms with E-state index >= 15 is 0 Å². The molecule has 5 rings (SSSR count). The van der Waals surface area contributed by atoms with Gasteiger partial charge in [0.2, 0.25) is 0 Å². The van der Waals surface area contributed by atoms with Crippen LogP contribution in [0.15, 0.2) is 36.9 Å². The molecular formula is C19H20FN5O2S. The number of hydrogen-bond donors (Lipinski definition) is 2. The smallest absolute Gasteiger partial charge is 0.294 e. The molecule has 2 bridgehead atoms. The number of nitrogens with one attached hydrogen (secondary N) is 1. The third kappa shape index (κ3) is 3.04. The number of phenolic OH excluding ortho intramolecular Hbond substituents is 1. The largest absolute Gasteiger partial charge is 0.507 e. The average molecular weight is 401 g/mol. The van der Waals surface area contributed by atoms with Gasteiger partial charge in [0, 0.05) is 36.5 Å². The predicted octanol–water partition coefficient (Wildman–Crippen LogP) is 3.10. The molecule has 2 aliphatic rings. The van der Waals surface area contributed by atoms with E-state index in [2.05, 4.69) is 27.4 Å². The number of phenols is 1. The minimum absolute atomic E-state index is 0.0765. The van der Waals surface area contributed by atoms with Crippen LogP contribution in [0.25, 0.3) is 16.3 Å². The normalized spacial score (nSPS) is 29.1. The maximum Gasteiger partial charge on any atom is 0.294 e.